The second-order valence-corrected chi connectivity index (χ2v) is 8.09. The molecule has 4 rings (SSSR count). The topological polar surface area (TPSA) is 83.7 Å². The summed E-state index contributed by atoms with van der Waals surface area (Å²) < 4.78 is 0. The Kier molecular flexibility index (Phi) is 5.84. The highest BCUT2D eigenvalue weighted by atomic mass is 16.2. The van der Waals surface area contributed by atoms with Gasteiger partial charge in [-0.15, -0.1) is 0 Å². The van der Waals surface area contributed by atoms with Gasteiger partial charge in [-0.25, -0.2) is 10.0 Å². The molecule has 1 aliphatic heterocycles. The molecule has 2 aromatic carbocycles. The van der Waals surface area contributed by atoms with Crippen molar-refractivity contribution in [3.63, 3.8) is 0 Å². The predicted octanol–water partition coefficient (Wildman–Crippen LogP) is 3.63. The van der Waals surface area contributed by atoms with Crippen LogP contribution in [0.5, 0.6) is 0 Å². The number of carbonyl (C=O) groups is 3. The fourth-order valence-electron chi connectivity index (χ4n) is 4.69. The minimum Gasteiger partial charge on any atom is -0.366 e. The highest BCUT2D eigenvalue weighted by molar-refractivity contribution is 5.98. The zero-order chi connectivity index (χ0) is 21.1. The molecule has 2 N–H and O–H groups in total. The summed E-state index contributed by atoms with van der Waals surface area (Å²) in [6, 6.07) is 16.7. The van der Waals surface area contributed by atoms with E-state index < -0.39 is 5.91 Å². The van der Waals surface area contributed by atoms with Gasteiger partial charge in [0.1, 0.15) is 0 Å². The maximum absolute atomic E-state index is 13.8. The molecule has 6 heteroatoms. The quantitative estimate of drug-likeness (QED) is 0.824. The van der Waals surface area contributed by atoms with Crippen LogP contribution in [0.3, 0.4) is 0 Å². The number of hydrazine groups is 1. The van der Waals surface area contributed by atoms with Gasteiger partial charge in [0, 0.05) is 24.4 Å². The van der Waals surface area contributed by atoms with Crippen LogP contribution in [0.15, 0.2) is 54.6 Å². The van der Waals surface area contributed by atoms with Crippen molar-refractivity contribution < 1.29 is 14.4 Å². The Morgan fingerprint density at radius 2 is 1.77 bits per heavy atom. The third-order valence-corrected chi connectivity index (χ3v) is 6.18. The van der Waals surface area contributed by atoms with Crippen molar-refractivity contribution in [2.24, 2.45) is 11.7 Å². The molecule has 156 valence electrons. The fourth-order valence-corrected chi connectivity index (χ4v) is 4.69. The van der Waals surface area contributed by atoms with Crippen molar-refractivity contribution in [2.45, 2.75) is 44.4 Å². The van der Waals surface area contributed by atoms with E-state index in [1.165, 1.54) is 0 Å². The fraction of sp³-hybridized carbons (Fsp3) is 0.375. The first-order valence-electron chi connectivity index (χ1n) is 10.7. The van der Waals surface area contributed by atoms with Gasteiger partial charge in [-0.05, 0) is 61.4 Å². The number of piperidine rings is 1. The van der Waals surface area contributed by atoms with Gasteiger partial charge >= 0.3 is 0 Å². The summed E-state index contributed by atoms with van der Waals surface area (Å²) >= 11 is 0. The standard InChI is InChI=1S/C24H27N3O3/c25-23(29)18-9-6-8-17(16-18)20-12-7-13-21(20)24(30)27(19-10-2-1-3-11-19)26-15-5-4-14-22(26)28/h1-3,6,8-11,16,20-21H,4-5,7,12-15H2,(H2,25,29). The van der Waals surface area contributed by atoms with Crippen molar-refractivity contribution in [1.29, 1.82) is 0 Å². The van der Waals surface area contributed by atoms with Gasteiger partial charge in [0.2, 0.25) is 17.7 Å². The van der Waals surface area contributed by atoms with E-state index in [-0.39, 0.29) is 23.7 Å². The molecule has 0 aromatic heterocycles. The van der Waals surface area contributed by atoms with Crippen molar-refractivity contribution >= 4 is 23.4 Å². The number of anilines is 1. The Balaban J connectivity index is 1.67. The van der Waals surface area contributed by atoms with Gasteiger partial charge in [0.15, 0.2) is 0 Å². The lowest BCUT2D eigenvalue weighted by molar-refractivity contribution is -0.140. The molecule has 2 atom stereocenters. The zero-order valence-corrected chi connectivity index (χ0v) is 17.0. The first kappa shape index (κ1) is 20.1. The molecule has 0 radical (unpaired) electrons. The number of rotatable bonds is 5. The molecule has 2 fully saturated rings. The molecule has 2 aromatic rings. The SMILES string of the molecule is NC(=O)c1cccc(C2CCCC2C(=O)N(c2ccccc2)N2CCCCC2=O)c1. The van der Waals surface area contributed by atoms with Gasteiger partial charge < -0.3 is 5.73 Å². The van der Waals surface area contributed by atoms with Crippen molar-refractivity contribution in [3.8, 4) is 0 Å². The number of amides is 3. The van der Waals surface area contributed by atoms with E-state index in [1.807, 2.05) is 42.5 Å². The third kappa shape index (κ3) is 3.95. The minimum atomic E-state index is -0.470. The first-order chi connectivity index (χ1) is 14.6. The first-order valence-corrected chi connectivity index (χ1v) is 10.7. The lowest BCUT2D eigenvalue weighted by Gasteiger charge is -2.39. The third-order valence-electron chi connectivity index (χ3n) is 6.18. The van der Waals surface area contributed by atoms with Crippen LogP contribution in [0.2, 0.25) is 0 Å². The van der Waals surface area contributed by atoms with Crippen LogP contribution in [0.25, 0.3) is 0 Å². The number of primary amides is 1. The van der Waals surface area contributed by atoms with Crippen molar-refractivity contribution in [3.05, 3.63) is 65.7 Å². The van der Waals surface area contributed by atoms with Gasteiger partial charge in [-0.3, -0.25) is 14.4 Å². The molecule has 1 saturated heterocycles. The van der Waals surface area contributed by atoms with Crippen LogP contribution in [0.4, 0.5) is 5.69 Å². The number of carbonyl (C=O) groups excluding carboxylic acids is 3. The Bertz CT molecular complexity index is 944. The smallest absolute Gasteiger partial charge is 0.249 e. The average molecular weight is 405 g/mol. The maximum atomic E-state index is 13.8. The maximum Gasteiger partial charge on any atom is 0.249 e. The van der Waals surface area contributed by atoms with Crippen molar-refractivity contribution in [2.75, 3.05) is 11.6 Å². The molecule has 1 aliphatic carbocycles. The summed E-state index contributed by atoms with van der Waals surface area (Å²) in [5.74, 6) is -0.777. The van der Waals surface area contributed by atoms with Gasteiger partial charge in [-0.2, -0.15) is 0 Å². The Labute approximate surface area is 176 Å². The highest BCUT2D eigenvalue weighted by Gasteiger charge is 2.40. The van der Waals surface area contributed by atoms with Crippen LogP contribution in [0.1, 0.15) is 60.4 Å². The second kappa shape index (κ2) is 8.69. The molecule has 0 spiro atoms. The molecule has 0 bridgehead atoms. The van der Waals surface area contributed by atoms with Crippen LogP contribution < -0.4 is 10.7 Å². The number of nitrogens with zero attached hydrogens (tertiary/aromatic N) is 2. The summed E-state index contributed by atoms with van der Waals surface area (Å²) in [7, 11) is 0. The van der Waals surface area contributed by atoms with E-state index in [2.05, 4.69) is 0 Å². The average Bonchev–Trinajstić information content (AvgIpc) is 3.26. The molecule has 2 aliphatic rings. The molecular formula is C24H27N3O3. The Hall–Kier alpha value is -3.15. The molecule has 6 nitrogen and oxygen atoms in total. The summed E-state index contributed by atoms with van der Waals surface area (Å²) in [5, 5.41) is 3.22. The van der Waals surface area contributed by atoms with E-state index >= 15 is 0 Å². The summed E-state index contributed by atoms with van der Waals surface area (Å²) in [5.41, 5.74) is 7.59. The molecule has 30 heavy (non-hydrogen) atoms. The van der Waals surface area contributed by atoms with Crippen LogP contribution >= 0.6 is 0 Å². The zero-order valence-electron chi connectivity index (χ0n) is 17.0. The van der Waals surface area contributed by atoms with Crippen LogP contribution in [-0.2, 0) is 9.59 Å². The van der Waals surface area contributed by atoms with Gasteiger partial charge in [-0.1, -0.05) is 36.8 Å². The minimum absolute atomic E-state index is 0.00269. The monoisotopic (exact) mass is 405 g/mol. The number of nitrogens with two attached hydrogens (primary N) is 1. The number of hydrogen-bond acceptors (Lipinski definition) is 3. The number of para-hydroxylation sites is 1. The van der Waals surface area contributed by atoms with Crippen molar-refractivity contribution in [1.82, 2.24) is 5.01 Å². The molecule has 1 heterocycles. The second-order valence-electron chi connectivity index (χ2n) is 8.09. The number of benzene rings is 2. The normalized spacial score (nSPS) is 21.5. The largest absolute Gasteiger partial charge is 0.366 e. The summed E-state index contributed by atoms with van der Waals surface area (Å²) in [6.07, 6.45) is 4.77. The number of hydrogen-bond donors (Lipinski definition) is 1. The van der Waals surface area contributed by atoms with E-state index in [0.717, 1.165) is 37.7 Å². The van der Waals surface area contributed by atoms with E-state index in [1.54, 1.807) is 22.2 Å². The molecule has 2 unspecified atom stereocenters. The van der Waals surface area contributed by atoms with E-state index in [0.29, 0.717) is 24.2 Å². The summed E-state index contributed by atoms with van der Waals surface area (Å²) in [4.78, 5) is 38.1. The molecule has 1 saturated carbocycles. The predicted molar refractivity (Wildman–Crippen MR) is 115 cm³/mol. The van der Waals surface area contributed by atoms with Gasteiger partial charge in [0.25, 0.3) is 0 Å². The van der Waals surface area contributed by atoms with Gasteiger partial charge in [0.05, 0.1) is 5.69 Å². The van der Waals surface area contributed by atoms with E-state index in [9.17, 15) is 14.4 Å². The molecular weight excluding hydrogens is 378 g/mol. The van der Waals surface area contributed by atoms with Crippen LogP contribution in [0, 0.1) is 5.92 Å². The lowest BCUT2D eigenvalue weighted by atomic mass is 9.87. The lowest BCUT2D eigenvalue weighted by Crippen LogP contribution is -2.54. The Morgan fingerprint density at radius 3 is 2.50 bits per heavy atom. The van der Waals surface area contributed by atoms with Crippen LogP contribution in [-0.4, -0.2) is 29.3 Å². The molecule has 3 amide bonds. The highest BCUT2D eigenvalue weighted by Crippen LogP contribution is 2.42. The Morgan fingerprint density at radius 1 is 0.967 bits per heavy atom. The van der Waals surface area contributed by atoms with E-state index in [4.69, 9.17) is 5.73 Å². The summed E-state index contributed by atoms with van der Waals surface area (Å²) in [6.45, 7) is 0.550.